The number of fused-ring (bicyclic) bond motifs is 3. The topological polar surface area (TPSA) is 158 Å². The minimum Gasteiger partial charge on any atom is -0.388 e. The van der Waals surface area contributed by atoms with Crippen molar-refractivity contribution in [1.29, 1.82) is 0 Å². The van der Waals surface area contributed by atoms with Crippen molar-refractivity contribution in [2.75, 3.05) is 47.0 Å². The highest BCUT2D eigenvalue weighted by Gasteiger charge is 2.41. The van der Waals surface area contributed by atoms with E-state index in [2.05, 4.69) is 10.6 Å². The minimum absolute atomic E-state index is 0.116. The Morgan fingerprint density at radius 1 is 1.10 bits per heavy atom. The van der Waals surface area contributed by atoms with Crippen LogP contribution in [0.1, 0.15) is 31.7 Å². The number of aliphatic hydroxyl groups is 1. The zero-order valence-corrected chi connectivity index (χ0v) is 24.4. The highest BCUT2D eigenvalue weighted by atomic mass is 16.5. The summed E-state index contributed by atoms with van der Waals surface area (Å²) in [6.07, 6.45) is -0.573. The van der Waals surface area contributed by atoms with Gasteiger partial charge >= 0.3 is 0 Å². The lowest BCUT2D eigenvalue weighted by Crippen LogP contribution is -2.60. The molecule has 42 heavy (non-hydrogen) atoms. The number of amides is 5. The van der Waals surface area contributed by atoms with Crippen LogP contribution in [0.2, 0.25) is 0 Å². The number of ether oxygens (including phenoxy) is 2. The largest absolute Gasteiger partial charge is 0.388 e. The van der Waals surface area contributed by atoms with Gasteiger partial charge in [0.2, 0.25) is 29.5 Å². The van der Waals surface area contributed by atoms with Gasteiger partial charge in [0.15, 0.2) is 0 Å². The van der Waals surface area contributed by atoms with Gasteiger partial charge in [-0.3, -0.25) is 24.0 Å². The van der Waals surface area contributed by atoms with E-state index in [4.69, 9.17) is 9.47 Å². The molecule has 0 unspecified atom stereocenters. The molecule has 0 aromatic heterocycles. The van der Waals surface area contributed by atoms with Crippen LogP contribution in [0.5, 0.6) is 0 Å². The highest BCUT2D eigenvalue weighted by Crippen LogP contribution is 2.22. The van der Waals surface area contributed by atoms with Crippen molar-refractivity contribution in [3.05, 3.63) is 35.9 Å². The first-order valence-electron chi connectivity index (χ1n) is 14.4. The maximum atomic E-state index is 13.6. The normalized spacial score (nSPS) is 30.0. The monoisotopic (exact) mass is 587 g/mol. The number of carbonyl (C=O) groups is 5. The van der Waals surface area contributed by atoms with Crippen LogP contribution in [-0.2, 0) is 39.9 Å². The van der Waals surface area contributed by atoms with E-state index >= 15 is 0 Å². The van der Waals surface area contributed by atoms with Crippen LogP contribution in [0, 0.1) is 0 Å². The second-order valence-corrected chi connectivity index (χ2v) is 11.1. The number of likely N-dealkylation sites (N-methyl/N-ethyl adjacent to an activating group) is 1. The van der Waals surface area contributed by atoms with Crippen LogP contribution < -0.4 is 10.6 Å². The second-order valence-electron chi connectivity index (χ2n) is 11.1. The molecule has 0 aliphatic carbocycles. The molecular formula is C29H41N5O8. The van der Waals surface area contributed by atoms with Crippen LogP contribution >= 0.6 is 0 Å². The summed E-state index contributed by atoms with van der Waals surface area (Å²) in [4.78, 5) is 70.9. The molecule has 2 bridgehead atoms. The zero-order chi connectivity index (χ0) is 30.4. The molecule has 0 saturated carbocycles. The molecule has 0 radical (unpaired) electrons. The Labute approximate surface area is 245 Å². The van der Waals surface area contributed by atoms with Gasteiger partial charge in [0.1, 0.15) is 36.9 Å². The first kappa shape index (κ1) is 31.4. The Morgan fingerprint density at radius 2 is 1.83 bits per heavy atom. The lowest BCUT2D eigenvalue weighted by atomic mass is 9.97. The Hall–Kier alpha value is -3.55. The molecule has 230 valence electrons. The SMILES string of the molecule is COCC(=O)N1CC(=O)N2CCC[C@H]2C(=O)N(C)[C@@H](C)C(=O)N[C@@H](Cc2ccccc2)C(=O)N[C@H]2CCO[C@H](C1)[C@H]2O. The fourth-order valence-corrected chi connectivity index (χ4v) is 5.69. The van der Waals surface area contributed by atoms with Crippen molar-refractivity contribution in [1.82, 2.24) is 25.3 Å². The third-order valence-corrected chi connectivity index (χ3v) is 8.31. The molecule has 1 aromatic carbocycles. The van der Waals surface area contributed by atoms with E-state index in [9.17, 15) is 29.1 Å². The summed E-state index contributed by atoms with van der Waals surface area (Å²) in [6.45, 7) is 1.36. The van der Waals surface area contributed by atoms with Gasteiger partial charge < -0.3 is 39.9 Å². The molecule has 0 spiro atoms. The number of hydrogen-bond acceptors (Lipinski definition) is 8. The number of rotatable bonds is 4. The summed E-state index contributed by atoms with van der Waals surface area (Å²) in [6, 6.07) is 5.77. The number of benzene rings is 1. The summed E-state index contributed by atoms with van der Waals surface area (Å²) in [5.74, 6) is -2.32. The smallest absolute Gasteiger partial charge is 0.249 e. The Balaban J connectivity index is 1.67. The van der Waals surface area contributed by atoms with E-state index in [1.165, 1.54) is 28.9 Å². The average molecular weight is 588 g/mol. The van der Waals surface area contributed by atoms with Crippen LogP contribution in [0.25, 0.3) is 0 Å². The number of nitrogens with zero attached hydrogens (tertiary/aromatic N) is 3. The first-order chi connectivity index (χ1) is 20.1. The predicted molar refractivity (Wildman–Crippen MR) is 150 cm³/mol. The van der Waals surface area contributed by atoms with Crippen LogP contribution in [-0.4, -0.2) is 133 Å². The number of carbonyl (C=O) groups excluding carboxylic acids is 5. The maximum absolute atomic E-state index is 13.6. The third-order valence-electron chi connectivity index (χ3n) is 8.31. The summed E-state index contributed by atoms with van der Waals surface area (Å²) >= 11 is 0. The number of nitrogens with one attached hydrogen (secondary N) is 2. The third kappa shape index (κ3) is 7.26. The average Bonchev–Trinajstić information content (AvgIpc) is 3.47. The molecule has 5 amide bonds. The van der Waals surface area contributed by atoms with Gasteiger partial charge in [0, 0.05) is 33.7 Å². The fraction of sp³-hybridized carbons (Fsp3) is 0.621. The second kappa shape index (κ2) is 14.1. The Morgan fingerprint density at radius 3 is 2.55 bits per heavy atom. The standard InChI is InChI=1S/C29H41N5O8/c1-18-27(38)31-21(14-19-8-5-4-6-9-19)28(39)30-20-11-13-42-23(26(20)37)15-33(25(36)17-41-3)16-24(35)34-12-7-10-22(34)29(40)32(18)2/h4-6,8-9,18,20-23,26,37H,7,10-17H2,1-3H3,(H,30,39)(H,31,38)/t18-,20-,21-,22-,23+,26-/m0/s1. The molecular weight excluding hydrogens is 546 g/mol. The zero-order valence-electron chi connectivity index (χ0n) is 24.4. The molecule has 3 fully saturated rings. The minimum atomic E-state index is -1.19. The first-order valence-corrected chi connectivity index (χ1v) is 14.4. The molecule has 13 nitrogen and oxygen atoms in total. The van der Waals surface area contributed by atoms with Crippen LogP contribution in [0.15, 0.2) is 30.3 Å². The van der Waals surface area contributed by atoms with E-state index in [-0.39, 0.29) is 32.7 Å². The fourth-order valence-electron chi connectivity index (χ4n) is 5.69. The van der Waals surface area contributed by atoms with Gasteiger partial charge in [-0.1, -0.05) is 30.3 Å². The molecule has 13 heteroatoms. The van der Waals surface area contributed by atoms with Gasteiger partial charge in [0.05, 0.1) is 19.1 Å². The molecule has 3 aliphatic rings. The molecule has 3 saturated heterocycles. The van der Waals surface area contributed by atoms with E-state index in [0.29, 0.717) is 25.8 Å². The van der Waals surface area contributed by atoms with Crippen molar-refractivity contribution in [2.24, 2.45) is 0 Å². The number of methoxy groups -OCH3 is 1. The molecule has 6 atom stereocenters. The van der Waals surface area contributed by atoms with Gasteiger partial charge in [-0.15, -0.1) is 0 Å². The van der Waals surface area contributed by atoms with E-state index in [1.54, 1.807) is 6.92 Å². The van der Waals surface area contributed by atoms with E-state index in [0.717, 1.165) is 5.56 Å². The van der Waals surface area contributed by atoms with E-state index < -0.39 is 65.9 Å². The van der Waals surface area contributed by atoms with E-state index in [1.807, 2.05) is 30.3 Å². The lowest BCUT2D eigenvalue weighted by Gasteiger charge is -2.38. The molecule has 4 rings (SSSR count). The number of aliphatic hydroxyl groups excluding tert-OH is 1. The van der Waals surface area contributed by atoms with Crippen molar-refractivity contribution in [2.45, 2.75) is 69.0 Å². The molecule has 3 heterocycles. The van der Waals surface area contributed by atoms with Gasteiger partial charge in [-0.25, -0.2) is 0 Å². The predicted octanol–water partition coefficient (Wildman–Crippen LogP) is -1.32. The summed E-state index contributed by atoms with van der Waals surface area (Å²) in [5, 5.41) is 16.9. The van der Waals surface area contributed by atoms with Crippen molar-refractivity contribution in [3.63, 3.8) is 0 Å². The lowest BCUT2D eigenvalue weighted by molar-refractivity contribution is -0.152. The summed E-state index contributed by atoms with van der Waals surface area (Å²) in [5.41, 5.74) is 0.818. The Bertz CT molecular complexity index is 1150. The van der Waals surface area contributed by atoms with Crippen molar-refractivity contribution >= 4 is 29.5 Å². The van der Waals surface area contributed by atoms with Gasteiger partial charge in [0.25, 0.3) is 0 Å². The molecule has 3 N–H and O–H groups in total. The summed E-state index contributed by atoms with van der Waals surface area (Å²) < 4.78 is 10.8. The van der Waals surface area contributed by atoms with Crippen LogP contribution in [0.3, 0.4) is 0 Å². The van der Waals surface area contributed by atoms with Crippen molar-refractivity contribution < 1.29 is 38.6 Å². The van der Waals surface area contributed by atoms with Crippen molar-refractivity contribution in [3.8, 4) is 0 Å². The van der Waals surface area contributed by atoms with Gasteiger partial charge in [-0.05, 0) is 31.7 Å². The van der Waals surface area contributed by atoms with Crippen LogP contribution in [0.4, 0.5) is 0 Å². The number of hydrogen-bond donors (Lipinski definition) is 3. The Kier molecular flexibility index (Phi) is 10.5. The molecule has 1 aromatic rings. The summed E-state index contributed by atoms with van der Waals surface area (Å²) in [7, 11) is 2.86. The highest BCUT2D eigenvalue weighted by molar-refractivity contribution is 5.95. The van der Waals surface area contributed by atoms with Gasteiger partial charge in [-0.2, -0.15) is 0 Å². The quantitative estimate of drug-likeness (QED) is 0.391. The molecule has 3 aliphatic heterocycles. The maximum Gasteiger partial charge on any atom is 0.249 e.